The van der Waals surface area contributed by atoms with Crippen molar-refractivity contribution in [3.8, 4) is 0 Å². The summed E-state index contributed by atoms with van der Waals surface area (Å²) in [5.41, 5.74) is 0. The number of aliphatic hydroxyl groups is 3. The van der Waals surface area contributed by atoms with Crippen LogP contribution in [0.1, 0.15) is 213 Å². The van der Waals surface area contributed by atoms with Crippen molar-refractivity contribution < 1.29 is 56.8 Å². The van der Waals surface area contributed by atoms with Gasteiger partial charge in [-0.15, -0.1) is 0 Å². The third-order valence-corrected chi connectivity index (χ3v) is 12.2. The van der Waals surface area contributed by atoms with Gasteiger partial charge in [0.2, 0.25) is 0 Å². The molecule has 0 aromatic rings. The van der Waals surface area contributed by atoms with E-state index in [1.807, 2.05) is 0 Å². The largest absolute Gasteiger partial charge is 0.462 e. The van der Waals surface area contributed by atoms with Crippen LogP contribution in [0.25, 0.3) is 0 Å². The van der Waals surface area contributed by atoms with Crippen LogP contribution in [0.3, 0.4) is 0 Å². The standard InChI is InChI=1S/C50H90O12S/c1-3-5-7-9-11-13-15-17-19-21-22-23-25-26-28-30-32-34-36-38-45(51)59-40-43(41-60-50-49(55)48(54)47(53)44(62-50)42-63(56,57)58)61-46(52)39-37-35-33-31-29-27-24-20-18-16-14-12-10-8-6-4-2/h14,16-17,19-20,24,43-44,47-50,53-55H,3-13,15,18,21-23,25-42H2,1-2H3,(H,56,57,58)/b16-14-,19-17-,24-20-. The van der Waals surface area contributed by atoms with Gasteiger partial charge in [0.05, 0.1) is 6.61 Å². The molecular weight excluding hydrogens is 825 g/mol. The van der Waals surface area contributed by atoms with Crippen LogP contribution < -0.4 is 0 Å². The predicted molar refractivity (Wildman–Crippen MR) is 252 cm³/mol. The number of unbranched alkanes of at least 4 members (excludes halogenated alkanes) is 24. The number of hydrogen-bond donors (Lipinski definition) is 4. The maximum atomic E-state index is 12.8. The van der Waals surface area contributed by atoms with E-state index in [9.17, 15) is 37.9 Å². The fourth-order valence-electron chi connectivity index (χ4n) is 7.53. The van der Waals surface area contributed by atoms with Crippen LogP contribution in [0.15, 0.2) is 36.5 Å². The second kappa shape index (κ2) is 40.2. The highest BCUT2D eigenvalue weighted by Gasteiger charge is 2.46. The Morgan fingerprint density at radius 3 is 1.43 bits per heavy atom. The van der Waals surface area contributed by atoms with Crippen LogP contribution in [0, 0.1) is 0 Å². The SMILES string of the molecule is CCCCCC/C=C\C/C=C\CCCCCCCC(=O)OC(COC(=O)CCCCCCCCCCC/C=C\CCCCCCCC)COC1OC(CS(=O)(=O)O)C(O)C(O)C1O. The molecule has 13 heteroatoms. The molecule has 63 heavy (non-hydrogen) atoms. The molecule has 12 nitrogen and oxygen atoms in total. The zero-order valence-corrected chi connectivity index (χ0v) is 40.2. The molecule has 1 rings (SSSR count). The first-order valence-corrected chi connectivity index (χ1v) is 26.7. The average molecular weight is 915 g/mol. The zero-order chi connectivity index (χ0) is 46.2. The van der Waals surface area contributed by atoms with Gasteiger partial charge in [-0.25, -0.2) is 0 Å². The second-order valence-corrected chi connectivity index (χ2v) is 19.0. The topological polar surface area (TPSA) is 186 Å². The number of ether oxygens (including phenoxy) is 4. The van der Waals surface area contributed by atoms with Crippen LogP contribution in [0.2, 0.25) is 0 Å². The highest BCUT2D eigenvalue weighted by molar-refractivity contribution is 7.85. The van der Waals surface area contributed by atoms with Crippen molar-refractivity contribution in [1.82, 2.24) is 0 Å². The molecule has 0 bridgehead atoms. The first kappa shape index (κ1) is 58.9. The molecule has 1 aliphatic rings. The molecular formula is C50H90O12S. The number of allylic oxidation sites excluding steroid dienone is 6. The van der Waals surface area contributed by atoms with Crippen LogP contribution in [-0.2, 0) is 38.7 Å². The van der Waals surface area contributed by atoms with Crippen molar-refractivity contribution in [2.45, 2.75) is 250 Å². The summed E-state index contributed by atoms with van der Waals surface area (Å²) in [7, 11) is -4.61. The Morgan fingerprint density at radius 1 is 0.540 bits per heavy atom. The molecule has 0 saturated carbocycles. The summed E-state index contributed by atoms with van der Waals surface area (Å²) in [6.45, 7) is 3.74. The number of rotatable bonds is 42. The van der Waals surface area contributed by atoms with Crippen molar-refractivity contribution in [3.63, 3.8) is 0 Å². The zero-order valence-electron chi connectivity index (χ0n) is 39.4. The van der Waals surface area contributed by atoms with Gasteiger partial charge in [0.15, 0.2) is 12.4 Å². The maximum absolute atomic E-state index is 12.8. The quantitative estimate of drug-likeness (QED) is 0.0197. The van der Waals surface area contributed by atoms with E-state index in [-0.39, 0.29) is 19.4 Å². The van der Waals surface area contributed by atoms with Crippen molar-refractivity contribution in [3.05, 3.63) is 36.5 Å². The Kier molecular flexibility index (Phi) is 37.5. The van der Waals surface area contributed by atoms with Gasteiger partial charge in [0, 0.05) is 12.8 Å². The summed E-state index contributed by atoms with van der Waals surface area (Å²) < 4.78 is 54.2. The Morgan fingerprint density at radius 2 is 0.952 bits per heavy atom. The van der Waals surface area contributed by atoms with Crippen molar-refractivity contribution >= 4 is 22.1 Å². The van der Waals surface area contributed by atoms with E-state index in [0.29, 0.717) is 12.8 Å². The lowest BCUT2D eigenvalue weighted by Crippen LogP contribution is -2.60. The van der Waals surface area contributed by atoms with Gasteiger partial charge in [-0.3, -0.25) is 14.1 Å². The van der Waals surface area contributed by atoms with Gasteiger partial charge < -0.3 is 34.3 Å². The number of carbonyl (C=O) groups is 2. The molecule has 368 valence electrons. The van der Waals surface area contributed by atoms with E-state index in [1.165, 1.54) is 109 Å². The molecule has 6 atom stereocenters. The van der Waals surface area contributed by atoms with E-state index in [0.717, 1.165) is 64.2 Å². The lowest BCUT2D eigenvalue weighted by atomic mass is 10.00. The van der Waals surface area contributed by atoms with E-state index in [4.69, 9.17) is 18.9 Å². The van der Waals surface area contributed by atoms with Crippen molar-refractivity contribution in [2.24, 2.45) is 0 Å². The third-order valence-electron chi connectivity index (χ3n) is 11.4. The molecule has 6 unspecified atom stereocenters. The molecule has 4 N–H and O–H groups in total. The number of hydrogen-bond acceptors (Lipinski definition) is 11. The minimum Gasteiger partial charge on any atom is -0.462 e. The highest BCUT2D eigenvalue weighted by atomic mass is 32.2. The Hall–Kier alpha value is -2.13. The van der Waals surface area contributed by atoms with E-state index in [1.54, 1.807) is 0 Å². The minimum atomic E-state index is -4.61. The molecule has 1 saturated heterocycles. The van der Waals surface area contributed by atoms with Crippen LogP contribution in [0.5, 0.6) is 0 Å². The van der Waals surface area contributed by atoms with Crippen molar-refractivity contribution in [1.29, 1.82) is 0 Å². The number of aliphatic hydroxyl groups excluding tert-OH is 3. The normalized spacial score (nSPS) is 20.0. The van der Waals surface area contributed by atoms with Crippen molar-refractivity contribution in [2.75, 3.05) is 19.0 Å². The second-order valence-electron chi connectivity index (χ2n) is 17.5. The summed E-state index contributed by atoms with van der Waals surface area (Å²) in [6, 6.07) is 0. The molecule has 0 amide bonds. The fourth-order valence-corrected chi connectivity index (χ4v) is 8.22. The summed E-state index contributed by atoms with van der Waals surface area (Å²) in [4.78, 5) is 25.5. The average Bonchev–Trinajstić information content (AvgIpc) is 3.25. The summed E-state index contributed by atoms with van der Waals surface area (Å²) in [6.07, 6.45) is 37.5. The molecule has 0 aromatic heterocycles. The van der Waals surface area contributed by atoms with Gasteiger partial charge in [0.25, 0.3) is 10.1 Å². The summed E-state index contributed by atoms with van der Waals surface area (Å²) in [5.74, 6) is -2.00. The fraction of sp³-hybridized carbons (Fsp3) is 0.840. The van der Waals surface area contributed by atoms with E-state index >= 15 is 0 Å². The number of esters is 2. The van der Waals surface area contributed by atoms with Gasteiger partial charge >= 0.3 is 11.9 Å². The third kappa shape index (κ3) is 34.8. The smallest absolute Gasteiger partial charge is 0.306 e. The summed E-state index contributed by atoms with van der Waals surface area (Å²) >= 11 is 0. The molecule has 1 fully saturated rings. The Bertz CT molecular complexity index is 1300. The Balaban J connectivity index is 2.40. The maximum Gasteiger partial charge on any atom is 0.306 e. The Labute approximate surface area is 382 Å². The van der Waals surface area contributed by atoms with E-state index in [2.05, 4.69) is 50.3 Å². The lowest BCUT2D eigenvalue weighted by Gasteiger charge is -2.40. The molecule has 1 heterocycles. The first-order valence-electron chi connectivity index (χ1n) is 25.0. The first-order chi connectivity index (χ1) is 30.5. The van der Waals surface area contributed by atoms with E-state index < -0.39 is 71.2 Å². The minimum absolute atomic E-state index is 0.149. The highest BCUT2D eigenvalue weighted by Crippen LogP contribution is 2.24. The molecule has 0 spiro atoms. The molecule has 0 aromatic carbocycles. The molecule has 0 radical (unpaired) electrons. The van der Waals surface area contributed by atoms with Gasteiger partial charge in [-0.05, 0) is 70.6 Å². The molecule has 1 aliphatic heterocycles. The number of carbonyl (C=O) groups excluding carboxylic acids is 2. The van der Waals surface area contributed by atoms with Gasteiger partial charge in [-0.2, -0.15) is 8.42 Å². The lowest BCUT2D eigenvalue weighted by molar-refractivity contribution is -0.297. The molecule has 0 aliphatic carbocycles. The van der Waals surface area contributed by atoms with Crippen LogP contribution in [0.4, 0.5) is 0 Å². The monoisotopic (exact) mass is 915 g/mol. The predicted octanol–water partition coefficient (Wildman–Crippen LogP) is 11.0. The van der Waals surface area contributed by atoms with Crippen LogP contribution >= 0.6 is 0 Å². The van der Waals surface area contributed by atoms with Crippen LogP contribution in [-0.4, -0.2) is 96.0 Å². The van der Waals surface area contributed by atoms with Gasteiger partial charge in [-0.1, -0.05) is 166 Å². The summed E-state index contributed by atoms with van der Waals surface area (Å²) in [5, 5.41) is 30.9. The van der Waals surface area contributed by atoms with Gasteiger partial charge in [0.1, 0.15) is 36.8 Å².